The van der Waals surface area contributed by atoms with Crippen LogP contribution in [-0.4, -0.2) is 48.8 Å². The molecule has 1 saturated carbocycles. The third-order valence-electron chi connectivity index (χ3n) is 4.05. The molecule has 2 rings (SSSR count). The number of nitrogens with zero attached hydrogens (tertiary/aromatic N) is 1. The topological polar surface area (TPSA) is 35.5 Å². The Kier molecular flexibility index (Phi) is 5.07. The van der Waals surface area contributed by atoms with Gasteiger partial charge >= 0.3 is 0 Å². The minimum absolute atomic E-state index is 0.0360. The van der Waals surface area contributed by atoms with E-state index in [4.69, 9.17) is 0 Å². The molecule has 1 aliphatic heterocycles. The van der Waals surface area contributed by atoms with E-state index in [1.165, 1.54) is 51.7 Å². The lowest BCUT2D eigenvalue weighted by molar-refractivity contribution is 0.131. The second-order valence-electron chi connectivity index (χ2n) is 5.36. The van der Waals surface area contributed by atoms with Crippen LogP contribution in [0.25, 0.3) is 0 Å². The Bertz CT molecular complexity index is 192. The van der Waals surface area contributed by atoms with E-state index in [1.54, 1.807) is 0 Å². The van der Waals surface area contributed by atoms with Crippen LogP contribution in [0.5, 0.6) is 0 Å². The molecule has 94 valence electrons. The maximum atomic E-state index is 9.67. The number of hydrogen-bond acceptors (Lipinski definition) is 3. The second-order valence-corrected chi connectivity index (χ2v) is 5.36. The van der Waals surface area contributed by atoms with Crippen molar-refractivity contribution in [2.24, 2.45) is 5.92 Å². The van der Waals surface area contributed by atoms with Gasteiger partial charge in [-0.1, -0.05) is 6.42 Å². The average Bonchev–Trinajstić information content (AvgIpc) is 2.90. The molecule has 1 heterocycles. The first-order valence-corrected chi connectivity index (χ1v) is 6.97. The molecule has 16 heavy (non-hydrogen) atoms. The van der Waals surface area contributed by atoms with E-state index in [0.717, 1.165) is 19.5 Å². The van der Waals surface area contributed by atoms with Gasteiger partial charge in [0.25, 0.3) is 0 Å². The molecule has 2 N–H and O–H groups in total. The summed E-state index contributed by atoms with van der Waals surface area (Å²) in [4.78, 5) is 2.56. The maximum absolute atomic E-state index is 9.67. The van der Waals surface area contributed by atoms with Gasteiger partial charge in [0.1, 0.15) is 0 Å². The van der Waals surface area contributed by atoms with E-state index in [9.17, 15) is 5.11 Å². The van der Waals surface area contributed by atoms with Crippen LogP contribution in [0.4, 0.5) is 0 Å². The largest absolute Gasteiger partial charge is 0.393 e. The fourth-order valence-electron chi connectivity index (χ4n) is 2.98. The van der Waals surface area contributed by atoms with Crippen molar-refractivity contribution in [2.45, 2.75) is 44.6 Å². The standard InChI is InChI=1S/C13H26N2O/c16-13-6-3-5-12(13)11-14-7-4-10-15-8-1-2-9-15/h12-14,16H,1-11H2. The van der Waals surface area contributed by atoms with Crippen LogP contribution in [0.1, 0.15) is 38.5 Å². The van der Waals surface area contributed by atoms with Gasteiger partial charge in [-0.15, -0.1) is 0 Å². The smallest absolute Gasteiger partial charge is 0.0580 e. The summed E-state index contributed by atoms with van der Waals surface area (Å²) >= 11 is 0. The highest BCUT2D eigenvalue weighted by Gasteiger charge is 2.24. The minimum Gasteiger partial charge on any atom is -0.393 e. The molecule has 1 saturated heterocycles. The van der Waals surface area contributed by atoms with Gasteiger partial charge in [0, 0.05) is 6.54 Å². The SMILES string of the molecule is OC1CCCC1CNCCCN1CCCC1. The minimum atomic E-state index is -0.0360. The fraction of sp³-hybridized carbons (Fsp3) is 1.00. The Balaban J connectivity index is 1.45. The molecule has 2 unspecified atom stereocenters. The Morgan fingerprint density at radius 1 is 1.12 bits per heavy atom. The molecule has 1 aliphatic carbocycles. The molecule has 0 bridgehead atoms. The zero-order valence-corrected chi connectivity index (χ0v) is 10.3. The van der Waals surface area contributed by atoms with Crippen LogP contribution >= 0.6 is 0 Å². The van der Waals surface area contributed by atoms with E-state index < -0.39 is 0 Å². The Morgan fingerprint density at radius 3 is 2.62 bits per heavy atom. The van der Waals surface area contributed by atoms with Crippen molar-refractivity contribution in [2.75, 3.05) is 32.7 Å². The van der Waals surface area contributed by atoms with Gasteiger partial charge in [-0.2, -0.15) is 0 Å². The molecule has 0 aromatic carbocycles. The number of likely N-dealkylation sites (tertiary alicyclic amines) is 1. The average molecular weight is 226 g/mol. The zero-order chi connectivity index (χ0) is 11.2. The first kappa shape index (κ1) is 12.3. The van der Waals surface area contributed by atoms with Gasteiger partial charge < -0.3 is 15.3 Å². The summed E-state index contributed by atoms with van der Waals surface area (Å²) in [6.07, 6.45) is 7.43. The van der Waals surface area contributed by atoms with Crippen LogP contribution in [-0.2, 0) is 0 Å². The molecule has 3 heteroatoms. The highest BCUT2D eigenvalue weighted by Crippen LogP contribution is 2.24. The predicted molar refractivity (Wildman–Crippen MR) is 66.5 cm³/mol. The lowest BCUT2D eigenvalue weighted by atomic mass is 10.1. The molecule has 0 amide bonds. The van der Waals surface area contributed by atoms with Crippen molar-refractivity contribution in [3.8, 4) is 0 Å². The number of rotatable bonds is 6. The lowest BCUT2D eigenvalue weighted by Crippen LogP contribution is -2.30. The van der Waals surface area contributed by atoms with Gasteiger partial charge in [0.2, 0.25) is 0 Å². The molecule has 0 aromatic rings. The number of aliphatic hydroxyl groups excluding tert-OH is 1. The first-order valence-electron chi connectivity index (χ1n) is 6.97. The molecule has 0 spiro atoms. The van der Waals surface area contributed by atoms with E-state index in [1.807, 2.05) is 0 Å². The summed E-state index contributed by atoms with van der Waals surface area (Å²) < 4.78 is 0. The molecule has 3 nitrogen and oxygen atoms in total. The monoisotopic (exact) mass is 226 g/mol. The van der Waals surface area contributed by atoms with Crippen molar-refractivity contribution < 1.29 is 5.11 Å². The number of aliphatic hydroxyl groups is 1. The number of nitrogens with one attached hydrogen (secondary N) is 1. The zero-order valence-electron chi connectivity index (χ0n) is 10.3. The summed E-state index contributed by atoms with van der Waals surface area (Å²) in [7, 11) is 0. The van der Waals surface area contributed by atoms with Crippen molar-refractivity contribution in [3.05, 3.63) is 0 Å². The normalized spacial score (nSPS) is 31.3. The maximum Gasteiger partial charge on any atom is 0.0580 e. The third kappa shape index (κ3) is 3.72. The van der Waals surface area contributed by atoms with E-state index in [-0.39, 0.29) is 6.10 Å². The predicted octanol–water partition coefficient (Wildman–Crippen LogP) is 1.22. The highest BCUT2D eigenvalue weighted by atomic mass is 16.3. The Morgan fingerprint density at radius 2 is 1.94 bits per heavy atom. The molecular weight excluding hydrogens is 200 g/mol. The van der Waals surface area contributed by atoms with Gasteiger partial charge in [-0.05, 0) is 64.2 Å². The Hall–Kier alpha value is -0.120. The quantitative estimate of drug-likeness (QED) is 0.669. The van der Waals surface area contributed by atoms with Crippen molar-refractivity contribution in [3.63, 3.8) is 0 Å². The summed E-state index contributed by atoms with van der Waals surface area (Å²) in [5.74, 6) is 0.520. The van der Waals surface area contributed by atoms with E-state index >= 15 is 0 Å². The summed E-state index contributed by atoms with van der Waals surface area (Å²) in [5.41, 5.74) is 0. The van der Waals surface area contributed by atoms with Crippen molar-refractivity contribution in [1.82, 2.24) is 10.2 Å². The molecule has 2 atom stereocenters. The third-order valence-corrected chi connectivity index (χ3v) is 4.05. The molecular formula is C13H26N2O. The van der Waals surface area contributed by atoms with E-state index in [0.29, 0.717) is 5.92 Å². The van der Waals surface area contributed by atoms with Gasteiger partial charge in [-0.25, -0.2) is 0 Å². The van der Waals surface area contributed by atoms with Crippen LogP contribution in [0.2, 0.25) is 0 Å². The molecule has 2 fully saturated rings. The summed E-state index contributed by atoms with van der Waals surface area (Å²) in [6.45, 7) is 5.99. The van der Waals surface area contributed by atoms with Crippen LogP contribution in [0.15, 0.2) is 0 Å². The molecule has 0 aromatic heterocycles. The lowest BCUT2D eigenvalue weighted by Gasteiger charge is -2.17. The van der Waals surface area contributed by atoms with Crippen LogP contribution in [0, 0.1) is 5.92 Å². The van der Waals surface area contributed by atoms with Crippen LogP contribution < -0.4 is 5.32 Å². The second kappa shape index (κ2) is 6.58. The summed E-state index contributed by atoms with van der Waals surface area (Å²) in [6, 6.07) is 0. The Labute approximate surface area is 99.2 Å². The number of hydrogen-bond donors (Lipinski definition) is 2. The highest BCUT2D eigenvalue weighted by molar-refractivity contribution is 4.78. The van der Waals surface area contributed by atoms with Crippen molar-refractivity contribution >= 4 is 0 Å². The van der Waals surface area contributed by atoms with Gasteiger partial charge in [0.05, 0.1) is 6.10 Å². The van der Waals surface area contributed by atoms with Gasteiger partial charge in [-0.3, -0.25) is 0 Å². The fourth-order valence-corrected chi connectivity index (χ4v) is 2.98. The van der Waals surface area contributed by atoms with E-state index in [2.05, 4.69) is 10.2 Å². The van der Waals surface area contributed by atoms with Crippen LogP contribution in [0.3, 0.4) is 0 Å². The van der Waals surface area contributed by atoms with Crippen molar-refractivity contribution in [1.29, 1.82) is 0 Å². The molecule has 2 aliphatic rings. The molecule has 0 radical (unpaired) electrons. The summed E-state index contributed by atoms with van der Waals surface area (Å²) in [5, 5.41) is 13.2. The first-order chi connectivity index (χ1) is 7.86. The van der Waals surface area contributed by atoms with Gasteiger partial charge in [0.15, 0.2) is 0 Å².